The second-order valence-corrected chi connectivity index (χ2v) is 6.67. The van der Waals surface area contributed by atoms with Gasteiger partial charge in [0, 0.05) is 25.4 Å². The van der Waals surface area contributed by atoms with Crippen LogP contribution >= 0.6 is 0 Å². The quantitative estimate of drug-likeness (QED) is 0.847. The maximum absolute atomic E-state index is 12.6. The number of nitrogens with zero attached hydrogens (tertiary/aromatic N) is 2. The molecule has 120 valence electrons. The Bertz CT molecular complexity index is 729. The lowest BCUT2D eigenvalue weighted by atomic mass is 10.1. The van der Waals surface area contributed by atoms with Gasteiger partial charge < -0.3 is 0 Å². The van der Waals surface area contributed by atoms with Gasteiger partial charge in [-0.05, 0) is 18.1 Å². The molecule has 1 heterocycles. The standard InChI is InChI=1S/C14H17F2N3O2S/c1-11-4-2-3-5-12(11)10-22(20,21)18-7-6-13-17-8-9-19(13)14(15)16/h2-5,8-9,14,18H,6-7,10H2,1H3. The smallest absolute Gasteiger partial charge is 0.278 e. The van der Waals surface area contributed by atoms with Crippen LogP contribution in [0.5, 0.6) is 0 Å². The van der Waals surface area contributed by atoms with E-state index in [1.165, 1.54) is 12.4 Å². The molecule has 5 nitrogen and oxygen atoms in total. The van der Waals surface area contributed by atoms with E-state index in [1.54, 1.807) is 12.1 Å². The summed E-state index contributed by atoms with van der Waals surface area (Å²) >= 11 is 0. The SMILES string of the molecule is Cc1ccccc1CS(=O)(=O)NCCc1nccn1C(F)F. The molecule has 0 atom stereocenters. The van der Waals surface area contributed by atoms with Crippen molar-refractivity contribution < 1.29 is 17.2 Å². The van der Waals surface area contributed by atoms with Crippen molar-refractivity contribution >= 4 is 10.0 Å². The van der Waals surface area contributed by atoms with Crippen LogP contribution in [0.2, 0.25) is 0 Å². The number of alkyl halides is 2. The van der Waals surface area contributed by atoms with Crippen molar-refractivity contribution in [1.82, 2.24) is 14.3 Å². The molecule has 0 aliphatic carbocycles. The summed E-state index contributed by atoms with van der Waals surface area (Å²) in [6, 6.07) is 7.20. The van der Waals surface area contributed by atoms with Crippen molar-refractivity contribution in [2.24, 2.45) is 0 Å². The van der Waals surface area contributed by atoms with E-state index < -0.39 is 16.6 Å². The van der Waals surface area contributed by atoms with Crippen molar-refractivity contribution in [3.05, 3.63) is 53.6 Å². The van der Waals surface area contributed by atoms with Gasteiger partial charge in [-0.2, -0.15) is 8.78 Å². The summed E-state index contributed by atoms with van der Waals surface area (Å²) in [5.41, 5.74) is 1.60. The number of aryl methyl sites for hydroxylation is 1. The molecule has 0 spiro atoms. The molecule has 1 aromatic carbocycles. The molecular formula is C14H17F2N3O2S. The summed E-state index contributed by atoms with van der Waals surface area (Å²) in [4.78, 5) is 3.80. The molecule has 0 aliphatic heterocycles. The van der Waals surface area contributed by atoms with Gasteiger partial charge in [-0.15, -0.1) is 0 Å². The average Bonchev–Trinajstić information content (AvgIpc) is 2.89. The number of aromatic nitrogens is 2. The third kappa shape index (κ3) is 4.35. The third-order valence-corrected chi connectivity index (χ3v) is 4.57. The average molecular weight is 329 g/mol. The highest BCUT2D eigenvalue weighted by Gasteiger charge is 2.15. The van der Waals surface area contributed by atoms with Gasteiger partial charge in [-0.3, -0.25) is 4.57 Å². The Morgan fingerprint density at radius 2 is 2.05 bits per heavy atom. The fourth-order valence-corrected chi connectivity index (χ4v) is 3.31. The Morgan fingerprint density at radius 3 is 2.73 bits per heavy atom. The van der Waals surface area contributed by atoms with Crippen LogP contribution < -0.4 is 4.72 Å². The molecule has 2 rings (SSSR count). The fraction of sp³-hybridized carbons (Fsp3) is 0.357. The molecule has 0 bridgehead atoms. The molecule has 1 N–H and O–H groups in total. The summed E-state index contributed by atoms with van der Waals surface area (Å²) in [5, 5.41) is 0. The number of imidazole rings is 1. The fourth-order valence-electron chi connectivity index (χ4n) is 2.06. The zero-order valence-electron chi connectivity index (χ0n) is 12.0. The Balaban J connectivity index is 1.93. The Morgan fingerprint density at radius 1 is 1.32 bits per heavy atom. The highest BCUT2D eigenvalue weighted by Crippen LogP contribution is 2.13. The first-order valence-corrected chi connectivity index (χ1v) is 8.36. The van der Waals surface area contributed by atoms with E-state index in [1.807, 2.05) is 19.1 Å². The van der Waals surface area contributed by atoms with Gasteiger partial charge in [0.25, 0.3) is 0 Å². The van der Waals surface area contributed by atoms with E-state index in [-0.39, 0.29) is 24.5 Å². The van der Waals surface area contributed by atoms with Crippen molar-refractivity contribution in [1.29, 1.82) is 0 Å². The van der Waals surface area contributed by atoms with Crippen LogP contribution in [0, 0.1) is 6.92 Å². The minimum atomic E-state index is -3.52. The van der Waals surface area contributed by atoms with E-state index in [9.17, 15) is 17.2 Å². The number of hydrogen-bond donors (Lipinski definition) is 1. The van der Waals surface area contributed by atoms with Crippen LogP contribution in [-0.4, -0.2) is 24.5 Å². The van der Waals surface area contributed by atoms with Crippen molar-refractivity contribution in [3.63, 3.8) is 0 Å². The number of sulfonamides is 1. The molecular weight excluding hydrogens is 312 g/mol. The lowest BCUT2D eigenvalue weighted by Crippen LogP contribution is -2.28. The van der Waals surface area contributed by atoms with E-state index in [0.29, 0.717) is 5.56 Å². The lowest BCUT2D eigenvalue weighted by Gasteiger charge is -2.09. The summed E-state index contributed by atoms with van der Waals surface area (Å²) < 4.78 is 52.4. The number of benzene rings is 1. The molecule has 0 amide bonds. The Hall–Kier alpha value is -1.80. The Labute approximate surface area is 128 Å². The molecule has 22 heavy (non-hydrogen) atoms. The molecule has 0 radical (unpaired) electrons. The maximum atomic E-state index is 12.6. The van der Waals surface area contributed by atoms with Crippen molar-refractivity contribution in [2.45, 2.75) is 25.6 Å². The summed E-state index contributed by atoms with van der Waals surface area (Å²) in [6.07, 6.45) is 2.54. The van der Waals surface area contributed by atoms with Crippen LogP contribution in [0.3, 0.4) is 0 Å². The van der Waals surface area contributed by atoms with Gasteiger partial charge >= 0.3 is 6.55 Å². The second-order valence-electron chi connectivity index (χ2n) is 4.86. The van der Waals surface area contributed by atoms with Gasteiger partial charge in [0.15, 0.2) is 0 Å². The van der Waals surface area contributed by atoms with Gasteiger partial charge in [-0.1, -0.05) is 24.3 Å². The van der Waals surface area contributed by atoms with Gasteiger partial charge in [0.1, 0.15) is 5.82 Å². The van der Waals surface area contributed by atoms with E-state index in [2.05, 4.69) is 9.71 Å². The van der Waals surface area contributed by atoms with Crippen LogP contribution in [0.25, 0.3) is 0 Å². The molecule has 0 saturated heterocycles. The Kier molecular flexibility index (Phi) is 5.25. The predicted molar refractivity (Wildman–Crippen MR) is 79.0 cm³/mol. The maximum Gasteiger partial charge on any atom is 0.319 e. The van der Waals surface area contributed by atoms with Gasteiger partial charge in [-0.25, -0.2) is 18.1 Å². The van der Waals surface area contributed by atoms with Crippen LogP contribution in [0.15, 0.2) is 36.7 Å². The van der Waals surface area contributed by atoms with Gasteiger partial charge in [0.05, 0.1) is 5.75 Å². The van der Waals surface area contributed by atoms with E-state index in [0.717, 1.165) is 10.1 Å². The number of nitrogens with one attached hydrogen (secondary N) is 1. The molecule has 1 aromatic heterocycles. The predicted octanol–water partition coefficient (Wildman–Crippen LogP) is 2.25. The minimum Gasteiger partial charge on any atom is -0.278 e. The van der Waals surface area contributed by atoms with Crippen molar-refractivity contribution in [3.8, 4) is 0 Å². The highest BCUT2D eigenvalue weighted by atomic mass is 32.2. The first-order chi connectivity index (χ1) is 10.4. The number of rotatable bonds is 7. The first-order valence-electron chi connectivity index (χ1n) is 6.71. The highest BCUT2D eigenvalue weighted by molar-refractivity contribution is 7.88. The van der Waals surface area contributed by atoms with Crippen LogP contribution in [0.1, 0.15) is 23.5 Å². The normalized spacial score (nSPS) is 12.0. The monoisotopic (exact) mass is 329 g/mol. The lowest BCUT2D eigenvalue weighted by molar-refractivity contribution is 0.0671. The minimum absolute atomic E-state index is 0.0257. The molecule has 0 saturated carbocycles. The second kappa shape index (κ2) is 6.97. The van der Waals surface area contributed by atoms with Crippen LogP contribution in [0.4, 0.5) is 8.78 Å². The van der Waals surface area contributed by atoms with E-state index in [4.69, 9.17) is 0 Å². The summed E-state index contributed by atoms with van der Waals surface area (Å²) in [7, 11) is -3.52. The first kappa shape index (κ1) is 16.6. The van der Waals surface area contributed by atoms with Crippen molar-refractivity contribution in [2.75, 3.05) is 6.54 Å². The number of halogens is 2. The summed E-state index contributed by atoms with van der Waals surface area (Å²) in [5.74, 6) is 0.0109. The topological polar surface area (TPSA) is 64.0 Å². The molecule has 8 heteroatoms. The molecule has 0 aliphatic rings. The zero-order chi connectivity index (χ0) is 16.2. The molecule has 2 aromatic rings. The molecule has 0 unspecified atom stereocenters. The largest absolute Gasteiger partial charge is 0.319 e. The zero-order valence-corrected chi connectivity index (χ0v) is 12.9. The van der Waals surface area contributed by atoms with Gasteiger partial charge in [0.2, 0.25) is 10.0 Å². The van der Waals surface area contributed by atoms with Crippen LogP contribution in [-0.2, 0) is 22.2 Å². The number of hydrogen-bond acceptors (Lipinski definition) is 3. The summed E-state index contributed by atoms with van der Waals surface area (Å²) in [6.45, 7) is -0.816. The molecule has 0 fully saturated rings. The van der Waals surface area contributed by atoms with E-state index >= 15 is 0 Å². The third-order valence-electron chi connectivity index (χ3n) is 3.24.